The van der Waals surface area contributed by atoms with Crippen molar-refractivity contribution in [2.75, 3.05) is 0 Å². The molecule has 106 valence electrons. The van der Waals surface area contributed by atoms with Gasteiger partial charge in [0.2, 0.25) is 0 Å². The first-order chi connectivity index (χ1) is 9.38. The molecule has 0 aromatic heterocycles. The number of rotatable bonds is 3. The van der Waals surface area contributed by atoms with Crippen molar-refractivity contribution >= 4 is 11.6 Å². The summed E-state index contributed by atoms with van der Waals surface area (Å²) >= 11 is 5.82. The number of hydrogen-bond acceptors (Lipinski definition) is 1. The van der Waals surface area contributed by atoms with Crippen LogP contribution in [-0.2, 0) is 12.6 Å². The number of benzene rings is 2. The molecular weight excluding hydrogens is 289 g/mol. The predicted octanol–water partition coefficient (Wildman–Crippen LogP) is 4.63. The first kappa shape index (κ1) is 14.9. The molecule has 0 amide bonds. The SMILES string of the molecule is OC(Cc1cccc(Cl)c1)c1ccccc1C(F)(F)F. The van der Waals surface area contributed by atoms with E-state index in [2.05, 4.69) is 0 Å². The third-order valence-corrected chi connectivity index (χ3v) is 3.18. The lowest BCUT2D eigenvalue weighted by Crippen LogP contribution is -2.13. The van der Waals surface area contributed by atoms with E-state index in [1.54, 1.807) is 24.3 Å². The molecule has 20 heavy (non-hydrogen) atoms. The molecule has 0 aliphatic rings. The van der Waals surface area contributed by atoms with Gasteiger partial charge in [0.25, 0.3) is 0 Å². The molecule has 0 bridgehead atoms. The van der Waals surface area contributed by atoms with Crippen molar-refractivity contribution in [2.24, 2.45) is 0 Å². The minimum absolute atomic E-state index is 0.0770. The average Bonchev–Trinajstić information content (AvgIpc) is 2.37. The first-order valence-corrected chi connectivity index (χ1v) is 6.34. The first-order valence-electron chi connectivity index (χ1n) is 5.96. The highest BCUT2D eigenvalue weighted by Crippen LogP contribution is 2.35. The van der Waals surface area contributed by atoms with Gasteiger partial charge in [0.05, 0.1) is 11.7 Å². The summed E-state index contributed by atoms with van der Waals surface area (Å²) in [5.41, 5.74) is -0.253. The summed E-state index contributed by atoms with van der Waals surface area (Å²) in [7, 11) is 0. The van der Waals surface area contributed by atoms with Crippen LogP contribution in [0.1, 0.15) is 22.8 Å². The summed E-state index contributed by atoms with van der Waals surface area (Å²) < 4.78 is 38.6. The second-order valence-electron chi connectivity index (χ2n) is 4.43. The Morgan fingerprint density at radius 1 is 1.05 bits per heavy atom. The molecule has 1 N–H and O–H groups in total. The van der Waals surface area contributed by atoms with Crippen molar-refractivity contribution < 1.29 is 18.3 Å². The van der Waals surface area contributed by atoms with E-state index < -0.39 is 17.8 Å². The van der Waals surface area contributed by atoms with Crippen molar-refractivity contribution in [3.63, 3.8) is 0 Å². The summed E-state index contributed by atoms with van der Waals surface area (Å²) in [6.45, 7) is 0. The molecule has 0 heterocycles. The molecule has 0 aliphatic heterocycles. The number of halogens is 4. The molecule has 0 radical (unpaired) electrons. The van der Waals surface area contributed by atoms with Crippen molar-refractivity contribution in [2.45, 2.75) is 18.7 Å². The van der Waals surface area contributed by atoms with Gasteiger partial charge in [0.15, 0.2) is 0 Å². The summed E-state index contributed by atoms with van der Waals surface area (Å²) in [5, 5.41) is 10.6. The van der Waals surface area contributed by atoms with E-state index in [0.717, 1.165) is 6.07 Å². The molecule has 0 aliphatic carbocycles. The Morgan fingerprint density at radius 3 is 2.40 bits per heavy atom. The second-order valence-corrected chi connectivity index (χ2v) is 4.87. The Bertz CT molecular complexity index is 596. The zero-order chi connectivity index (χ0) is 14.8. The minimum Gasteiger partial charge on any atom is -0.388 e. The Hall–Kier alpha value is -1.52. The molecule has 0 saturated carbocycles. The molecule has 1 unspecified atom stereocenters. The van der Waals surface area contributed by atoms with Gasteiger partial charge in [-0.25, -0.2) is 0 Å². The molecule has 1 nitrogen and oxygen atoms in total. The maximum atomic E-state index is 12.9. The van der Waals surface area contributed by atoms with Crippen LogP contribution in [0.25, 0.3) is 0 Å². The number of hydrogen-bond donors (Lipinski definition) is 1. The monoisotopic (exact) mass is 300 g/mol. The maximum Gasteiger partial charge on any atom is 0.416 e. The van der Waals surface area contributed by atoms with E-state index in [0.29, 0.717) is 10.6 Å². The van der Waals surface area contributed by atoms with Crippen LogP contribution in [0, 0.1) is 0 Å². The summed E-state index contributed by atoms with van der Waals surface area (Å²) in [5.74, 6) is 0. The van der Waals surface area contributed by atoms with Crippen LogP contribution in [0.5, 0.6) is 0 Å². The van der Waals surface area contributed by atoms with Crippen LogP contribution in [-0.4, -0.2) is 5.11 Å². The summed E-state index contributed by atoms with van der Waals surface area (Å²) in [6.07, 6.45) is -5.63. The van der Waals surface area contributed by atoms with Crippen LogP contribution in [0.15, 0.2) is 48.5 Å². The fourth-order valence-electron chi connectivity index (χ4n) is 2.04. The van der Waals surface area contributed by atoms with Gasteiger partial charge in [-0.2, -0.15) is 13.2 Å². The van der Waals surface area contributed by atoms with E-state index in [1.807, 2.05) is 0 Å². The quantitative estimate of drug-likeness (QED) is 0.876. The van der Waals surface area contributed by atoms with E-state index >= 15 is 0 Å². The van der Waals surface area contributed by atoms with Crippen LogP contribution >= 0.6 is 11.6 Å². The smallest absolute Gasteiger partial charge is 0.388 e. The highest BCUT2D eigenvalue weighted by molar-refractivity contribution is 6.30. The summed E-state index contributed by atoms with van der Waals surface area (Å²) in [4.78, 5) is 0. The highest BCUT2D eigenvalue weighted by Gasteiger charge is 2.34. The van der Waals surface area contributed by atoms with E-state index in [1.165, 1.54) is 18.2 Å². The molecule has 0 spiro atoms. The zero-order valence-electron chi connectivity index (χ0n) is 10.4. The number of aliphatic hydroxyl groups is 1. The average molecular weight is 301 g/mol. The third kappa shape index (κ3) is 3.52. The lowest BCUT2D eigenvalue weighted by atomic mass is 9.97. The predicted molar refractivity (Wildman–Crippen MR) is 71.6 cm³/mol. The fourth-order valence-corrected chi connectivity index (χ4v) is 2.26. The van der Waals surface area contributed by atoms with Crippen molar-refractivity contribution in [3.05, 3.63) is 70.2 Å². The van der Waals surface area contributed by atoms with Crippen LogP contribution in [0.4, 0.5) is 13.2 Å². The fraction of sp³-hybridized carbons (Fsp3) is 0.200. The molecule has 2 aromatic carbocycles. The van der Waals surface area contributed by atoms with Crippen molar-refractivity contribution in [1.82, 2.24) is 0 Å². The number of aliphatic hydroxyl groups excluding tert-OH is 1. The highest BCUT2D eigenvalue weighted by atomic mass is 35.5. The van der Waals surface area contributed by atoms with Gasteiger partial charge < -0.3 is 5.11 Å². The van der Waals surface area contributed by atoms with Crippen LogP contribution < -0.4 is 0 Å². The largest absolute Gasteiger partial charge is 0.416 e. The molecule has 2 rings (SSSR count). The maximum absolute atomic E-state index is 12.9. The van der Waals surface area contributed by atoms with Gasteiger partial charge in [-0.05, 0) is 29.3 Å². The van der Waals surface area contributed by atoms with E-state index in [9.17, 15) is 18.3 Å². The van der Waals surface area contributed by atoms with Crippen LogP contribution in [0.2, 0.25) is 5.02 Å². The minimum atomic E-state index is -4.48. The second kappa shape index (κ2) is 5.85. The molecule has 2 aromatic rings. The summed E-state index contributed by atoms with van der Waals surface area (Å²) in [6, 6.07) is 11.7. The van der Waals surface area contributed by atoms with Gasteiger partial charge in [-0.1, -0.05) is 41.9 Å². The van der Waals surface area contributed by atoms with Gasteiger partial charge in [-0.3, -0.25) is 0 Å². The van der Waals surface area contributed by atoms with E-state index in [4.69, 9.17) is 11.6 Å². The lowest BCUT2D eigenvalue weighted by Gasteiger charge is -2.17. The topological polar surface area (TPSA) is 20.2 Å². The van der Waals surface area contributed by atoms with Gasteiger partial charge >= 0.3 is 6.18 Å². The number of alkyl halides is 3. The molecule has 0 saturated heterocycles. The Balaban J connectivity index is 2.28. The third-order valence-electron chi connectivity index (χ3n) is 2.94. The Kier molecular flexibility index (Phi) is 4.35. The molecule has 5 heteroatoms. The molecular formula is C15H12ClF3O. The van der Waals surface area contributed by atoms with Crippen molar-refractivity contribution in [1.29, 1.82) is 0 Å². The normalized spacial score (nSPS) is 13.2. The van der Waals surface area contributed by atoms with Gasteiger partial charge in [0, 0.05) is 11.4 Å². The van der Waals surface area contributed by atoms with Crippen LogP contribution in [0.3, 0.4) is 0 Å². The molecule has 0 fully saturated rings. The van der Waals surface area contributed by atoms with Crippen molar-refractivity contribution in [3.8, 4) is 0 Å². The van der Waals surface area contributed by atoms with E-state index in [-0.39, 0.29) is 12.0 Å². The zero-order valence-corrected chi connectivity index (χ0v) is 11.1. The standard InChI is InChI=1S/C15H12ClF3O/c16-11-5-3-4-10(8-11)9-14(20)12-6-1-2-7-13(12)15(17,18)19/h1-8,14,20H,9H2. The Morgan fingerprint density at radius 2 is 1.75 bits per heavy atom. The lowest BCUT2D eigenvalue weighted by molar-refractivity contribution is -0.139. The van der Waals surface area contributed by atoms with Gasteiger partial charge in [-0.15, -0.1) is 0 Å². The molecule has 1 atom stereocenters. The van der Waals surface area contributed by atoms with Gasteiger partial charge in [0.1, 0.15) is 0 Å². The Labute approximate surface area is 119 Å².